The summed E-state index contributed by atoms with van der Waals surface area (Å²) >= 11 is 0. The van der Waals surface area contributed by atoms with Gasteiger partial charge >= 0.3 is 0 Å². The van der Waals surface area contributed by atoms with E-state index in [9.17, 15) is 9.59 Å². The summed E-state index contributed by atoms with van der Waals surface area (Å²) < 4.78 is 1.80. The SMILES string of the molecule is CCC(C)C1NC(=O)CC(C)N(CCn2cccn2)C1=O. The van der Waals surface area contributed by atoms with Gasteiger partial charge in [-0.05, 0) is 18.9 Å². The van der Waals surface area contributed by atoms with Crippen molar-refractivity contribution in [1.82, 2.24) is 20.0 Å². The lowest BCUT2D eigenvalue weighted by atomic mass is 9.98. The maximum atomic E-state index is 12.7. The van der Waals surface area contributed by atoms with Crippen molar-refractivity contribution in [3.8, 4) is 0 Å². The highest BCUT2D eigenvalue weighted by molar-refractivity contribution is 5.90. The molecule has 1 aliphatic heterocycles. The molecule has 2 heterocycles. The van der Waals surface area contributed by atoms with Crippen LogP contribution >= 0.6 is 0 Å². The third-order valence-corrected chi connectivity index (χ3v) is 4.22. The zero-order valence-electron chi connectivity index (χ0n) is 13.0. The molecule has 6 nitrogen and oxygen atoms in total. The van der Waals surface area contributed by atoms with E-state index in [-0.39, 0.29) is 23.8 Å². The Kier molecular flexibility index (Phi) is 4.98. The first kappa shape index (κ1) is 15.5. The van der Waals surface area contributed by atoms with Crippen molar-refractivity contribution in [3.05, 3.63) is 18.5 Å². The molecule has 0 aromatic carbocycles. The van der Waals surface area contributed by atoms with Crippen LogP contribution in [-0.4, -0.2) is 45.1 Å². The molecule has 1 aromatic rings. The third-order valence-electron chi connectivity index (χ3n) is 4.22. The normalized spacial score (nSPS) is 24.6. The number of carbonyl (C=O) groups is 2. The fourth-order valence-electron chi connectivity index (χ4n) is 2.66. The minimum Gasteiger partial charge on any atom is -0.344 e. The van der Waals surface area contributed by atoms with Gasteiger partial charge in [0.15, 0.2) is 0 Å². The van der Waals surface area contributed by atoms with E-state index >= 15 is 0 Å². The minimum absolute atomic E-state index is 0.0230. The van der Waals surface area contributed by atoms with Crippen molar-refractivity contribution in [2.75, 3.05) is 6.54 Å². The van der Waals surface area contributed by atoms with Crippen LogP contribution in [0.15, 0.2) is 18.5 Å². The summed E-state index contributed by atoms with van der Waals surface area (Å²) in [5, 5.41) is 7.04. The van der Waals surface area contributed by atoms with E-state index in [0.29, 0.717) is 19.5 Å². The molecule has 1 aliphatic rings. The molecular weight excluding hydrogens is 268 g/mol. The van der Waals surface area contributed by atoms with Crippen molar-refractivity contribution >= 4 is 11.8 Å². The smallest absolute Gasteiger partial charge is 0.245 e. The van der Waals surface area contributed by atoms with Crippen LogP contribution in [0.25, 0.3) is 0 Å². The van der Waals surface area contributed by atoms with Gasteiger partial charge in [-0.25, -0.2) is 0 Å². The highest BCUT2D eigenvalue weighted by Crippen LogP contribution is 2.18. The van der Waals surface area contributed by atoms with Gasteiger partial charge in [-0.3, -0.25) is 14.3 Å². The van der Waals surface area contributed by atoms with Gasteiger partial charge in [-0.15, -0.1) is 0 Å². The zero-order chi connectivity index (χ0) is 15.4. The van der Waals surface area contributed by atoms with Crippen LogP contribution in [-0.2, 0) is 16.1 Å². The molecular formula is C15H24N4O2. The van der Waals surface area contributed by atoms with Crippen LogP contribution in [0.5, 0.6) is 0 Å². The van der Waals surface area contributed by atoms with E-state index in [2.05, 4.69) is 10.4 Å². The predicted octanol–water partition coefficient (Wildman–Crippen LogP) is 1.03. The summed E-state index contributed by atoms with van der Waals surface area (Å²) in [5.74, 6) is 0.122. The van der Waals surface area contributed by atoms with Crippen LogP contribution in [0.3, 0.4) is 0 Å². The van der Waals surface area contributed by atoms with E-state index in [0.717, 1.165) is 6.42 Å². The summed E-state index contributed by atoms with van der Waals surface area (Å²) in [6, 6.07) is 1.37. The number of aromatic nitrogens is 2. The first-order valence-electron chi connectivity index (χ1n) is 7.60. The number of carbonyl (C=O) groups excluding carboxylic acids is 2. The van der Waals surface area contributed by atoms with Gasteiger partial charge in [0.25, 0.3) is 0 Å². The molecule has 2 amide bonds. The Morgan fingerprint density at radius 2 is 2.19 bits per heavy atom. The quantitative estimate of drug-likeness (QED) is 0.881. The number of hydrogen-bond donors (Lipinski definition) is 1. The van der Waals surface area contributed by atoms with Crippen LogP contribution in [0.4, 0.5) is 0 Å². The second-order valence-electron chi connectivity index (χ2n) is 5.78. The summed E-state index contributed by atoms with van der Waals surface area (Å²) in [6.07, 6.45) is 4.82. The Hall–Kier alpha value is -1.85. The number of hydrogen-bond acceptors (Lipinski definition) is 3. The van der Waals surface area contributed by atoms with Crippen LogP contribution < -0.4 is 5.32 Å². The van der Waals surface area contributed by atoms with Crippen molar-refractivity contribution in [1.29, 1.82) is 0 Å². The van der Waals surface area contributed by atoms with E-state index in [1.807, 2.05) is 37.9 Å². The first-order chi connectivity index (χ1) is 10.0. The average Bonchev–Trinajstić information content (AvgIpc) is 2.93. The highest BCUT2D eigenvalue weighted by atomic mass is 16.2. The molecule has 1 N–H and O–H groups in total. The molecule has 0 spiro atoms. The van der Waals surface area contributed by atoms with Crippen molar-refractivity contribution in [2.45, 2.75) is 52.2 Å². The van der Waals surface area contributed by atoms with Crippen LogP contribution in [0.1, 0.15) is 33.6 Å². The molecule has 1 fully saturated rings. The lowest BCUT2D eigenvalue weighted by Gasteiger charge is -2.30. The first-order valence-corrected chi connectivity index (χ1v) is 7.60. The summed E-state index contributed by atoms with van der Waals surface area (Å²) in [5.41, 5.74) is 0. The fourth-order valence-corrected chi connectivity index (χ4v) is 2.66. The standard InChI is InChI=1S/C15H24N4O2/c1-4-11(2)14-15(21)19(12(3)10-13(20)17-14)9-8-18-7-5-6-16-18/h5-7,11-12,14H,4,8-10H2,1-3H3,(H,17,20). The van der Waals surface area contributed by atoms with Crippen molar-refractivity contribution < 1.29 is 9.59 Å². The highest BCUT2D eigenvalue weighted by Gasteiger charge is 2.35. The van der Waals surface area contributed by atoms with E-state index in [1.165, 1.54) is 0 Å². The molecule has 21 heavy (non-hydrogen) atoms. The third kappa shape index (κ3) is 3.62. The molecule has 2 rings (SSSR count). The van der Waals surface area contributed by atoms with Gasteiger partial charge in [-0.2, -0.15) is 5.10 Å². The van der Waals surface area contributed by atoms with E-state index in [4.69, 9.17) is 0 Å². The number of rotatable bonds is 5. The zero-order valence-corrected chi connectivity index (χ0v) is 13.0. The Balaban J connectivity index is 2.11. The molecule has 1 aromatic heterocycles. The lowest BCUT2D eigenvalue weighted by molar-refractivity contribution is -0.136. The second kappa shape index (κ2) is 6.74. The largest absolute Gasteiger partial charge is 0.344 e. The molecule has 0 saturated carbocycles. The number of nitrogens with zero attached hydrogens (tertiary/aromatic N) is 3. The molecule has 1 saturated heterocycles. The predicted molar refractivity (Wildman–Crippen MR) is 79.4 cm³/mol. The molecule has 0 aliphatic carbocycles. The van der Waals surface area contributed by atoms with Gasteiger partial charge in [0.05, 0.1) is 6.54 Å². The monoisotopic (exact) mass is 292 g/mol. The molecule has 0 bridgehead atoms. The average molecular weight is 292 g/mol. The lowest BCUT2D eigenvalue weighted by Crippen LogP contribution is -2.50. The molecule has 0 radical (unpaired) electrons. The summed E-state index contributed by atoms with van der Waals surface area (Å²) in [4.78, 5) is 26.5. The molecule has 6 heteroatoms. The van der Waals surface area contributed by atoms with Crippen LogP contribution in [0.2, 0.25) is 0 Å². The Labute approximate surface area is 125 Å². The Morgan fingerprint density at radius 3 is 2.81 bits per heavy atom. The molecule has 3 atom stereocenters. The van der Waals surface area contributed by atoms with E-state index < -0.39 is 6.04 Å². The van der Waals surface area contributed by atoms with Gasteiger partial charge in [0, 0.05) is 31.4 Å². The van der Waals surface area contributed by atoms with Gasteiger partial charge < -0.3 is 10.2 Å². The summed E-state index contributed by atoms with van der Waals surface area (Å²) in [7, 11) is 0. The van der Waals surface area contributed by atoms with Gasteiger partial charge in [0.2, 0.25) is 11.8 Å². The Morgan fingerprint density at radius 1 is 1.43 bits per heavy atom. The molecule has 3 unspecified atom stereocenters. The minimum atomic E-state index is -0.412. The van der Waals surface area contributed by atoms with Gasteiger partial charge in [0.1, 0.15) is 6.04 Å². The van der Waals surface area contributed by atoms with E-state index in [1.54, 1.807) is 10.9 Å². The van der Waals surface area contributed by atoms with Crippen molar-refractivity contribution in [2.24, 2.45) is 5.92 Å². The second-order valence-corrected chi connectivity index (χ2v) is 5.78. The fraction of sp³-hybridized carbons (Fsp3) is 0.667. The maximum absolute atomic E-state index is 12.7. The maximum Gasteiger partial charge on any atom is 0.245 e. The summed E-state index contributed by atoms with van der Waals surface area (Å²) in [6.45, 7) is 7.19. The molecule has 116 valence electrons. The van der Waals surface area contributed by atoms with Gasteiger partial charge in [-0.1, -0.05) is 20.3 Å². The number of amides is 2. The Bertz CT molecular complexity index is 486. The topological polar surface area (TPSA) is 67.2 Å². The van der Waals surface area contributed by atoms with Crippen molar-refractivity contribution in [3.63, 3.8) is 0 Å². The van der Waals surface area contributed by atoms with Crippen LogP contribution in [0, 0.1) is 5.92 Å². The number of nitrogens with one attached hydrogen (secondary N) is 1.